The normalized spacial score (nSPS) is 22.7. The minimum absolute atomic E-state index is 0.671. The summed E-state index contributed by atoms with van der Waals surface area (Å²) in [6.45, 7) is 2.36. The summed E-state index contributed by atoms with van der Waals surface area (Å²) in [5.74, 6) is 1.55. The molecule has 0 amide bonds. The van der Waals surface area contributed by atoms with Gasteiger partial charge in [0.2, 0.25) is 0 Å². The number of pyridine rings is 1. The lowest BCUT2D eigenvalue weighted by molar-refractivity contribution is 0.348. The summed E-state index contributed by atoms with van der Waals surface area (Å²) in [7, 11) is 0. The Hall–Kier alpha value is -2.10. The topological polar surface area (TPSA) is 57.4 Å². The number of hydrogen-bond acceptors (Lipinski definition) is 2. The van der Waals surface area contributed by atoms with E-state index in [0.717, 1.165) is 17.1 Å². The van der Waals surface area contributed by atoms with Crippen LogP contribution in [0.4, 0.5) is 0 Å². The SMILES string of the molecule is CC1CCC(c2cnc3[nH]cc(-c4cn[nH]c4)c3c2)CC1. The van der Waals surface area contributed by atoms with Crippen molar-refractivity contribution in [3.8, 4) is 11.1 Å². The molecular weight excluding hydrogens is 260 g/mol. The van der Waals surface area contributed by atoms with Crippen molar-refractivity contribution in [3.05, 3.63) is 36.4 Å². The third-order valence-electron chi connectivity index (χ3n) is 4.85. The molecule has 0 unspecified atom stereocenters. The van der Waals surface area contributed by atoms with Crippen LogP contribution in [0.25, 0.3) is 22.2 Å². The molecule has 3 aromatic rings. The fourth-order valence-electron chi connectivity index (χ4n) is 3.47. The van der Waals surface area contributed by atoms with Gasteiger partial charge in [-0.3, -0.25) is 5.10 Å². The molecule has 0 aliphatic heterocycles. The second-order valence-corrected chi connectivity index (χ2v) is 6.31. The van der Waals surface area contributed by atoms with Gasteiger partial charge in [0.05, 0.1) is 6.20 Å². The van der Waals surface area contributed by atoms with Gasteiger partial charge in [-0.05, 0) is 36.3 Å². The van der Waals surface area contributed by atoms with Crippen molar-refractivity contribution < 1.29 is 0 Å². The number of H-pyrrole nitrogens is 2. The monoisotopic (exact) mass is 280 g/mol. The van der Waals surface area contributed by atoms with E-state index in [0.29, 0.717) is 5.92 Å². The first kappa shape index (κ1) is 12.6. The van der Waals surface area contributed by atoms with Gasteiger partial charge in [-0.1, -0.05) is 19.8 Å². The number of nitrogens with zero attached hydrogens (tertiary/aromatic N) is 2. The van der Waals surface area contributed by atoms with Gasteiger partial charge in [-0.15, -0.1) is 0 Å². The molecule has 21 heavy (non-hydrogen) atoms. The predicted molar refractivity (Wildman–Crippen MR) is 84.0 cm³/mol. The molecule has 1 saturated carbocycles. The molecular formula is C17H20N4. The molecule has 3 heterocycles. The van der Waals surface area contributed by atoms with Crippen LogP contribution in [-0.2, 0) is 0 Å². The fourth-order valence-corrected chi connectivity index (χ4v) is 3.47. The van der Waals surface area contributed by atoms with Gasteiger partial charge in [0.15, 0.2) is 0 Å². The summed E-state index contributed by atoms with van der Waals surface area (Å²) in [6, 6.07) is 2.32. The lowest BCUT2D eigenvalue weighted by Gasteiger charge is -2.26. The smallest absolute Gasteiger partial charge is 0.137 e. The van der Waals surface area contributed by atoms with Crippen molar-refractivity contribution in [1.29, 1.82) is 0 Å². The summed E-state index contributed by atoms with van der Waals surface area (Å²) >= 11 is 0. The number of fused-ring (bicyclic) bond motifs is 1. The zero-order valence-electron chi connectivity index (χ0n) is 12.3. The van der Waals surface area contributed by atoms with Crippen molar-refractivity contribution in [2.45, 2.75) is 38.5 Å². The van der Waals surface area contributed by atoms with Crippen LogP contribution in [0.1, 0.15) is 44.1 Å². The molecule has 108 valence electrons. The van der Waals surface area contributed by atoms with Crippen LogP contribution in [-0.4, -0.2) is 20.2 Å². The Morgan fingerprint density at radius 3 is 2.71 bits per heavy atom. The van der Waals surface area contributed by atoms with Crippen LogP contribution in [0, 0.1) is 5.92 Å². The Labute approximate surface area is 124 Å². The molecule has 3 aromatic heterocycles. The molecule has 0 atom stereocenters. The molecule has 1 aliphatic carbocycles. The molecule has 0 saturated heterocycles. The van der Waals surface area contributed by atoms with Crippen LogP contribution < -0.4 is 0 Å². The first-order chi connectivity index (χ1) is 10.3. The number of nitrogens with one attached hydrogen (secondary N) is 2. The summed E-state index contributed by atoms with van der Waals surface area (Å²) in [4.78, 5) is 7.88. The van der Waals surface area contributed by atoms with Gasteiger partial charge < -0.3 is 4.98 Å². The highest BCUT2D eigenvalue weighted by Gasteiger charge is 2.21. The second-order valence-electron chi connectivity index (χ2n) is 6.31. The Bertz CT molecular complexity index is 733. The fraction of sp³-hybridized carbons (Fsp3) is 0.412. The van der Waals surface area contributed by atoms with Crippen LogP contribution in [0.5, 0.6) is 0 Å². The third kappa shape index (κ3) is 2.24. The van der Waals surface area contributed by atoms with Gasteiger partial charge in [0.1, 0.15) is 5.65 Å². The van der Waals surface area contributed by atoms with E-state index in [2.05, 4.69) is 39.4 Å². The van der Waals surface area contributed by atoms with Crippen LogP contribution in [0.2, 0.25) is 0 Å². The van der Waals surface area contributed by atoms with Gasteiger partial charge in [0.25, 0.3) is 0 Å². The summed E-state index contributed by atoms with van der Waals surface area (Å²) in [5.41, 5.74) is 4.63. The van der Waals surface area contributed by atoms with Crippen molar-refractivity contribution in [1.82, 2.24) is 20.2 Å². The van der Waals surface area contributed by atoms with Crippen molar-refractivity contribution in [2.24, 2.45) is 5.92 Å². The van der Waals surface area contributed by atoms with E-state index in [4.69, 9.17) is 0 Å². The van der Waals surface area contributed by atoms with Gasteiger partial charge in [-0.25, -0.2) is 4.98 Å². The standard InChI is InChI=1S/C17H20N4/c1-11-2-4-12(5-3-11)13-6-15-16(14-8-20-21-9-14)10-19-17(15)18-7-13/h6-12H,2-5H2,1H3,(H,18,19)(H,20,21). The maximum Gasteiger partial charge on any atom is 0.137 e. The van der Waals surface area contributed by atoms with E-state index in [9.17, 15) is 0 Å². The molecule has 4 rings (SSSR count). The van der Waals surface area contributed by atoms with E-state index in [1.165, 1.54) is 42.2 Å². The number of aromatic amines is 2. The maximum absolute atomic E-state index is 4.62. The Balaban J connectivity index is 1.73. The third-order valence-corrected chi connectivity index (χ3v) is 4.85. The number of aromatic nitrogens is 4. The first-order valence-corrected chi connectivity index (χ1v) is 7.77. The molecule has 0 bridgehead atoms. The summed E-state index contributed by atoms with van der Waals surface area (Å²) < 4.78 is 0. The molecule has 0 radical (unpaired) electrons. The molecule has 0 spiro atoms. The van der Waals surface area contributed by atoms with Gasteiger partial charge in [-0.2, -0.15) is 5.10 Å². The average Bonchev–Trinajstić information content (AvgIpc) is 3.16. The molecule has 1 aliphatic rings. The number of hydrogen-bond donors (Lipinski definition) is 2. The van der Waals surface area contributed by atoms with Gasteiger partial charge in [0, 0.05) is 35.1 Å². The van der Waals surface area contributed by atoms with Crippen molar-refractivity contribution in [2.75, 3.05) is 0 Å². The van der Waals surface area contributed by atoms with E-state index >= 15 is 0 Å². The second kappa shape index (κ2) is 5.02. The lowest BCUT2D eigenvalue weighted by Crippen LogP contribution is -2.10. The summed E-state index contributed by atoms with van der Waals surface area (Å²) in [5, 5.41) is 8.13. The van der Waals surface area contributed by atoms with E-state index in [-0.39, 0.29) is 0 Å². The zero-order chi connectivity index (χ0) is 14.2. The van der Waals surface area contributed by atoms with Crippen LogP contribution >= 0.6 is 0 Å². The van der Waals surface area contributed by atoms with Crippen LogP contribution in [0.15, 0.2) is 30.9 Å². The molecule has 4 nitrogen and oxygen atoms in total. The van der Waals surface area contributed by atoms with E-state index < -0.39 is 0 Å². The largest absolute Gasteiger partial charge is 0.346 e. The predicted octanol–water partition coefficient (Wildman–Crippen LogP) is 4.25. The van der Waals surface area contributed by atoms with Gasteiger partial charge >= 0.3 is 0 Å². The Kier molecular flexibility index (Phi) is 3.02. The molecule has 4 heteroatoms. The minimum atomic E-state index is 0.671. The van der Waals surface area contributed by atoms with Crippen molar-refractivity contribution in [3.63, 3.8) is 0 Å². The quantitative estimate of drug-likeness (QED) is 0.737. The molecule has 2 N–H and O–H groups in total. The highest BCUT2D eigenvalue weighted by atomic mass is 15.1. The first-order valence-electron chi connectivity index (χ1n) is 7.77. The average molecular weight is 280 g/mol. The Morgan fingerprint density at radius 2 is 1.95 bits per heavy atom. The molecule has 0 aromatic carbocycles. The van der Waals surface area contributed by atoms with E-state index in [1.807, 2.05) is 18.6 Å². The number of rotatable bonds is 2. The highest BCUT2D eigenvalue weighted by Crippen LogP contribution is 2.37. The van der Waals surface area contributed by atoms with E-state index in [1.54, 1.807) is 0 Å². The van der Waals surface area contributed by atoms with Crippen molar-refractivity contribution >= 4 is 11.0 Å². The Morgan fingerprint density at radius 1 is 1.10 bits per heavy atom. The maximum atomic E-state index is 4.62. The summed E-state index contributed by atoms with van der Waals surface area (Å²) in [6.07, 6.45) is 13.1. The van der Waals surface area contributed by atoms with Crippen LogP contribution in [0.3, 0.4) is 0 Å². The lowest BCUT2D eigenvalue weighted by atomic mass is 9.80. The molecule has 1 fully saturated rings. The highest BCUT2D eigenvalue weighted by molar-refractivity contribution is 5.93. The zero-order valence-corrected chi connectivity index (χ0v) is 12.3. The minimum Gasteiger partial charge on any atom is -0.346 e.